The third-order valence-corrected chi connectivity index (χ3v) is 6.95. The highest BCUT2D eigenvalue weighted by Gasteiger charge is 2.60. The molecule has 4 aliphatic rings. The summed E-state index contributed by atoms with van der Waals surface area (Å²) in [6.07, 6.45) is 5.45. The van der Waals surface area contributed by atoms with Gasteiger partial charge in [0.1, 0.15) is 0 Å². The first-order chi connectivity index (χ1) is 13.8. The van der Waals surface area contributed by atoms with Crippen LogP contribution in [0.5, 0.6) is 0 Å². The number of anilines is 1. The fourth-order valence-corrected chi connectivity index (χ4v) is 6.56. The Morgan fingerprint density at radius 1 is 1.17 bits per heavy atom. The van der Waals surface area contributed by atoms with Crippen LogP contribution >= 0.6 is 11.6 Å². The Kier molecular flexibility index (Phi) is 5.32. The smallest absolute Gasteiger partial charge is 0.312 e. The summed E-state index contributed by atoms with van der Waals surface area (Å²) in [5.74, 6) is 0.0747. The van der Waals surface area contributed by atoms with Crippen LogP contribution in [-0.2, 0) is 14.3 Å². The van der Waals surface area contributed by atoms with E-state index in [9.17, 15) is 14.4 Å². The van der Waals surface area contributed by atoms with E-state index in [0.717, 1.165) is 32.1 Å². The van der Waals surface area contributed by atoms with Crippen LogP contribution in [0.15, 0.2) is 24.3 Å². The summed E-state index contributed by atoms with van der Waals surface area (Å²) in [6, 6.07) is 6.66. The van der Waals surface area contributed by atoms with Gasteiger partial charge in [-0.25, -0.2) is 0 Å². The van der Waals surface area contributed by atoms with Gasteiger partial charge in [-0.1, -0.05) is 6.07 Å². The van der Waals surface area contributed by atoms with Gasteiger partial charge in [0.25, 0.3) is 11.8 Å². The molecular weight excluding hydrogens is 392 g/mol. The van der Waals surface area contributed by atoms with E-state index in [4.69, 9.17) is 16.3 Å². The number of ether oxygens (including phenoxy) is 1. The molecule has 0 aromatic heterocycles. The maximum Gasteiger partial charge on any atom is 0.312 e. The molecule has 0 saturated heterocycles. The molecule has 29 heavy (non-hydrogen) atoms. The number of rotatable bonds is 6. The highest BCUT2D eigenvalue weighted by atomic mass is 35.5. The van der Waals surface area contributed by atoms with Gasteiger partial charge in [0, 0.05) is 22.7 Å². The average molecular weight is 419 g/mol. The zero-order valence-corrected chi connectivity index (χ0v) is 17.4. The van der Waals surface area contributed by atoms with Crippen LogP contribution in [0.25, 0.3) is 0 Å². The third-order valence-electron chi connectivity index (χ3n) is 6.50. The first-order valence-corrected chi connectivity index (χ1v) is 10.7. The Morgan fingerprint density at radius 2 is 1.90 bits per heavy atom. The molecule has 0 heterocycles. The molecule has 4 aliphatic carbocycles. The van der Waals surface area contributed by atoms with Crippen molar-refractivity contribution in [3.8, 4) is 0 Å². The number of halogens is 1. The number of nitrogens with one attached hydrogen (secondary N) is 2. The van der Waals surface area contributed by atoms with Crippen molar-refractivity contribution in [2.24, 2.45) is 17.3 Å². The molecule has 1 aromatic rings. The summed E-state index contributed by atoms with van der Waals surface area (Å²) in [4.78, 5) is 36.8. The van der Waals surface area contributed by atoms with E-state index in [-0.39, 0.29) is 23.4 Å². The molecule has 7 heteroatoms. The lowest BCUT2D eigenvalue weighted by molar-refractivity contribution is -0.171. The highest BCUT2D eigenvalue weighted by Crippen LogP contribution is 2.64. The van der Waals surface area contributed by atoms with E-state index in [0.29, 0.717) is 36.1 Å². The van der Waals surface area contributed by atoms with Crippen LogP contribution in [0, 0.1) is 17.3 Å². The van der Waals surface area contributed by atoms with Crippen LogP contribution in [0.3, 0.4) is 0 Å². The summed E-state index contributed by atoms with van der Waals surface area (Å²) < 4.78 is 5.43. The number of benzene rings is 1. The van der Waals surface area contributed by atoms with Gasteiger partial charge in [0.15, 0.2) is 6.61 Å². The minimum absolute atomic E-state index is 0.202. The van der Waals surface area contributed by atoms with Crippen LogP contribution < -0.4 is 10.6 Å². The lowest BCUT2D eigenvalue weighted by Gasteiger charge is -2.58. The minimum Gasteiger partial charge on any atom is -0.455 e. The molecule has 2 N–H and O–H groups in total. The molecule has 6 nitrogen and oxygen atoms in total. The number of hydrogen-bond acceptors (Lipinski definition) is 4. The van der Waals surface area contributed by atoms with Crippen LogP contribution in [-0.4, -0.2) is 35.8 Å². The molecule has 5 rings (SSSR count). The first-order valence-electron chi connectivity index (χ1n) is 10.4. The normalized spacial score (nSPS) is 31.9. The van der Waals surface area contributed by atoms with Gasteiger partial charge in [-0.15, -0.1) is 11.6 Å². The van der Waals surface area contributed by atoms with Crippen molar-refractivity contribution in [1.29, 1.82) is 0 Å². The standard InChI is InChI=1S/C22H27ClN2O4/c1-2-24-19(27)16-4-3-5-17(7-16)25-18(26)12-29-20(28)21-8-14-6-15(9-21)11-22(23,10-14)13-21/h3-5,7,14-15H,2,6,8-13H2,1H3,(H,24,27)(H,25,26)/t14-,15+,21?,22?. The largest absolute Gasteiger partial charge is 0.455 e. The molecule has 0 radical (unpaired) electrons. The number of alkyl halides is 1. The Bertz CT molecular complexity index is 826. The van der Waals surface area contributed by atoms with Gasteiger partial charge in [-0.05, 0) is 75.5 Å². The lowest BCUT2D eigenvalue weighted by Crippen LogP contribution is -2.56. The van der Waals surface area contributed by atoms with Crippen molar-refractivity contribution in [3.63, 3.8) is 0 Å². The predicted molar refractivity (Wildman–Crippen MR) is 110 cm³/mol. The molecule has 4 bridgehead atoms. The maximum absolute atomic E-state index is 12.9. The average Bonchev–Trinajstić information content (AvgIpc) is 2.64. The molecule has 4 saturated carbocycles. The summed E-state index contributed by atoms with van der Waals surface area (Å²) >= 11 is 6.78. The summed E-state index contributed by atoms with van der Waals surface area (Å²) in [5, 5.41) is 5.41. The second-order valence-corrected chi connectivity index (χ2v) is 9.76. The second-order valence-electron chi connectivity index (χ2n) is 8.96. The Labute approximate surface area is 175 Å². The fourth-order valence-electron chi connectivity index (χ4n) is 5.87. The number of carbonyl (C=O) groups excluding carboxylic acids is 3. The van der Waals surface area contributed by atoms with E-state index in [2.05, 4.69) is 10.6 Å². The SMILES string of the molecule is CCNC(=O)c1cccc(NC(=O)COC(=O)C23C[C@@H]4C[C@@H](CC(Cl)(C4)C2)C3)c1. The van der Waals surface area contributed by atoms with Crippen molar-refractivity contribution < 1.29 is 19.1 Å². The topological polar surface area (TPSA) is 84.5 Å². The van der Waals surface area contributed by atoms with Crippen molar-refractivity contribution >= 4 is 35.1 Å². The molecule has 4 fully saturated rings. The van der Waals surface area contributed by atoms with Crippen molar-refractivity contribution in [3.05, 3.63) is 29.8 Å². The molecule has 2 unspecified atom stereocenters. The molecular formula is C22H27ClN2O4. The Hall–Kier alpha value is -2.08. The quantitative estimate of drug-likeness (QED) is 0.547. The zero-order chi connectivity index (χ0) is 20.6. The molecule has 0 aliphatic heterocycles. The third kappa shape index (κ3) is 4.13. The van der Waals surface area contributed by atoms with Gasteiger partial charge >= 0.3 is 5.97 Å². The first kappa shape index (κ1) is 20.2. The second kappa shape index (κ2) is 7.63. The van der Waals surface area contributed by atoms with E-state index in [1.807, 2.05) is 6.92 Å². The summed E-state index contributed by atoms with van der Waals surface area (Å²) in [7, 11) is 0. The van der Waals surface area contributed by atoms with E-state index in [1.165, 1.54) is 0 Å². The molecule has 4 atom stereocenters. The minimum atomic E-state index is -0.524. The van der Waals surface area contributed by atoms with Gasteiger partial charge in [-0.2, -0.15) is 0 Å². The van der Waals surface area contributed by atoms with Gasteiger partial charge in [-0.3, -0.25) is 14.4 Å². The number of hydrogen-bond donors (Lipinski definition) is 2. The van der Waals surface area contributed by atoms with Gasteiger partial charge in [0.2, 0.25) is 0 Å². The lowest BCUT2D eigenvalue weighted by atomic mass is 9.49. The number of amides is 2. The molecule has 2 amide bonds. The van der Waals surface area contributed by atoms with Crippen LogP contribution in [0.2, 0.25) is 0 Å². The van der Waals surface area contributed by atoms with Gasteiger partial charge in [0.05, 0.1) is 5.41 Å². The number of esters is 1. The Morgan fingerprint density at radius 3 is 2.55 bits per heavy atom. The van der Waals surface area contributed by atoms with Crippen LogP contribution in [0.4, 0.5) is 5.69 Å². The summed E-state index contributed by atoms with van der Waals surface area (Å²) in [5.41, 5.74) is 0.427. The van der Waals surface area contributed by atoms with E-state index in [1.54, 1.807) is 24.3 Å². The summed E-state index contributed by atoms with van der Waals surface area (Å²) in [6.45, 7) is 2.03. The Balaban J connectivity index is 1.34. The van der Waals surface area contributed by atoms with E-state index < -0.39 is 11.3 Å². The number of carbonyl (C=O) groups is 3. The molecule has 0 spiro atoms. The van der Waals surface area contributed by atoms with E-state index >= 15 is 0 Å². The van der Waals surface area contributed by atoms with Gasteiger partial charge < -0.3 is 15.4 Å². The molecule has 1 aromatic carbocycles. The van der Waals surface area contributed by atoms with Crippen LogP contribution in [0.1, 0.15) is 55.8 Å². The monoisotopic (exact) mass is 418 g/mol. The van der Waals surface area contributed by atoms with Crippen molar-refractivity contribution in [2.75, 3.05) is 18.5 Å². The maximum atomic E-state index is 12.9. The molecule has 156 valence electrons. The zero-order valence-electron chi connectivity index (χ0n) is 16.6. The van der Waals surface area contributed by atoms with Crippen molar-refractivity contribution in [1.82, 2.24) is 5.32 Å². The highest BCUT2D eigenvalue weighted by molar-refractivity contribution is 6.24. The van der Waals surface area contributed by atoms with Crippen molar-refractivity contribution in [2.45, 2.75) is 50.3 Å². The fraction of sp³-hybridized carbons (Fsp3) is 0.591. The predicted octanol–water partition coefficient (Wildman–Crippen LogP) is 3.50.